The summed E-state index contributed by atoms with van der Waals surface area (Å²) in [7, 11) is -3.32. The fourth-order valence-electron chi connectivity index (χ4n) is 4.34. The molecular weight excluding hydrogens is 400 g/mol. The van der Waals surface area contributed by atoms with Crippen LogP contribution in [-0.2, 0) is 9.84 Å². The number of nitrogens with zero attached hydrogens (tertiary/aromatic N) is 3. The van der Waals surface area contributed by atoms with Crippen LogP contribution in [0.3, 0.4) is 0 Å². The minimum atomic E-state index is -3.32. The lowest BCUT2D eigenvalue weighted by Crippen LogP contribution is -2.37. The number of rotatable bonds is 5. The molecule has 4 rings (SSSR count). The summed E-state index contributed by atoms with van der Waals surface area (Å²) in [6, 6.07) is 9.14. The molecule has 1 fully saturated rings. The van der Waals surface area contributed by atoms with Crippen LogP contribution in [0.2, 0.25) is 0 Å². The van der Waals surface area contributed by atoms with Gasteiger partial charge in [-0.3, -0.25) is 0 Å². The first-order valence-corrected chi connectivity index (χ1v) is 12.1. The molecule has 2 heterocycles. The Morgan fingerprint density at radius 2 is 1.87 bits per heavy atom. The van der Waals surface area contributed by atoms with E-state index in [1.54, 1.807) is 24.4 Å². The summed E-state index contributed by atoms with van der Waals surface area (Å²) in [5, 5.41) is 14.3. The van der Waals surface area contributed by atoms with Gasteiger partial charge in [0, 0.05) is 30.1 Å². The molecule has 1 aliphatic carbocycles. The number of hydrogen-bond acceptors (Lipinski definition) is 6. The first-order valence-electron chi connectivity index (χ1n) is 10.3. The van der Waals surface area contributed by atoms with Crippen LogP contribution in [0.4, 0.5) is 5.95 Å². The van der Waals surface area contributed by atoms with E-state index >= 15 is 0 Å². The van der Waals surface area contributed by atoms with Crippen LogP contribution in [0, 0.1) is 5.92 Å². The summed E-state index contributed by atoms with van der Waals surface area (Å²) < 4.78 is 26.1. The van der Waals surface area contributed by atoms with Crippen LogP contribution in [0.15, 0.2) is 47.6 Å². The number of hydrogen-bond donors (Lipinski definition) is 2. The highest BCUT2D eigenvalue weighted by atomic mass is 32.2. The van der Waals surface area contributed by atoms with Crippen molar-refractivity contribution in [3.05, 3.63) is 42.7 Å². The average Bonchev–Trinajstić information content (AvgIpc) is 3.11. The largest absolute Gasteiger partial charge is 0.390 e. The first-order chi connectivity index (χ1) is 14.1. The third-order valence-electron chi connectivity index (χ3n) is 6.04. The van der Waals surface area contributed by atoms with Gasteiger partial charge in [-0.15, -0.1) is 0 Å². The second kappa shape index (κ2) is 7.67. The smallest absolute Gasteiger partial charge is 0.224 e. The summed E-state index contributed by atoms with van der Waals surface area (Å²) in [6.45, 7) is 3.77. The Balaban J connectivity index is 1.56. The van der Waals surface area contributed by atoms with Crippen molar-refractivity contribution in [2.75, 3.05) is 11.6 Å². The van der Waals surface area contributed by atoms with Crippen LogP contribution in [0.5, 0.6) is 0 Å². The topological polar surface area (TPSA) is 97.1 Å². The lowest BCUT2D eigenvalue weighted by molar-refractivity contribution is -0.000415. The van der Waals surface area contributed by atoms with Crippen molar-refractivity contribution in [2.24, 2.45) is 5.92 Å². The van der Waals surface area contributed by atoms with Crippen molar-refractivity contribution in [3.63, 3.8) is 0 Å². The van der Waals surface area contributed by atoms with Crippen LogP contribution >= 0.6 is 0 Å². The van der Waals surface area contributed by atoms with Crippen molar-refractivity contribution in [3.8, 4) is 5.82 Å². The van der Waals surface area contributed by atoms with Gasteiger partial charge in [0.1, 0.15) is 5.82 Å². The predicted molar refractivity (Wildman–Crippen MR) is 118 cm³/mol. The summed E-state index contributed by atoms with van der Waals surface area (Å²) in [4.78, 5) is 9.34. The summed E-state index contributed by atoms with van der Waals surface area (Å²) in [5.41, 5.74) is 0.148. The van der Waals surface area contributed by atoms with Crippen molar-refractivity contribution in [1.82, 2.24) is 14.5 Å². The van der Waals surface area contributed by atoms with Gasteiger partial charge in [-0.05, 0) is 69.7 Å². The monoisotopic (exact) mass is 428 g/mol. The van der Waals surface area contributed by atoms with Crippen LogP contribution in [0.25, 0.3) is 16.7 Å². The highest BCUT2D eigenvalue weighted by molar-refractivity contribution is 7.91. The minimum Gasteiger partial charge on any atom is -0.390 e. The summed E-state index contributed by atoms with van der Waals surface area (Å²) in [5.74, 6) is 1.55. The molecule has 0 atom stereocenters. The van der Waals surface area contributed by atoms with Crippen molar-refractivity contribution in [2.45, 2.75) is 56.1 Å². The molecule has 1 aromatic carbocycles. The van der Waals surface area contributed by atoms with Gasteiger partial charge in [-0.1, -0.05) is 6.07 Å². The van der Waals surface area contributed by atoms with Gasteiger partial charge < -0.3 is 15.0 Å². The molecule has 7 nitrogen and oxygen atoms in total. The highest BCUT2D eigenvalue weighted by Gasteiger charge is 2.31. The van der Waals surface area contributed by atoms with E-state index in [9.17, 15) is 13.5 Å². The molecule has 1 aliphatic rings. The highest BCUT2D eigenvalue weighted by Crippen LogP contribution is 2.33. The van der Waals surface area contributed by atoms with E-state index < -0.39 is 15.4 Å². The number of aliphatic hydroxyl groups is 1. The van der Waals surface area contributed by atoms with Gasteiger partial charge in [0.2, 0.25) is 5.95 Å². The maximum atomic E-state index is 12.1. The van der Waals surface area contributed by atoms with Gasteiger partial charge in [-0.25, -0.2) is 13.4 Å². The second-order valence-electron chi connectivity index (χ2n) is 8.73. The molecule has 2 aromatic heterocycles. The fraction of sp³-hybridized carbons (Fsp3) is 0.455. The normalized spacial score (nSPS) is 20.4. The quantitative estimate of drug-likeness (QED) is 0.645. The number of benzene rings is 1. The van der Waals surface area contributed by atoms with E-state index in [0.29, 0.717) is 28.0 Å². The average molecular weight is 429 g/mol. The number of aromatic nitrogens is 3. The van der Waals surface area contributed by atoms with E-state index in [4.69, 9.17) is 0 Å². The van der Waals surface area contributed by atoms with E-state index in [1.807, 2.05) is 36.7 Å². The van der Waals surface area contributed by atoms with Crippen LogP contribution < -0.4 is 5.32 Å². The molecule has 160 valence electrons. The summed E-state index contributed by atoms with van der Waals surface area (Å²) in [6.07, 6.45) is 8.63. The molecule has 8 heteroatoms. The molecule has 1 saturated carbocycles. The predicted octanol–water partition coefficient (Wildman–Crippen LogP) is 3.57. The fourth-order valence-corrected chi connectivity index (χ4v) is 5.24. The Hall–Kier alpha value is -2.45. The van der Waals surface area contributed by atoms with Crippen molar-refractivity contribution >= 4 is 26.7 Å². The Morgan fingerprint density at radius 3 is 2.53 bits per heavy atom. The molecule has 0 bridgehead atoms. The molecule has 2 N–H and O–H groups in total. The van der Waals surface area contributed by atoms with Gasteiger partial charge in [0.25, 0.3) is 0 Å². The molecule has 0 unspecified atom stereocenters. The van der Waals surface area contributed by atoms with Crippen molar-refractivity contribution < 1.29 is 13.5 Å². The van der Waals surface area contributed by atoms with Gasteiger partial charge >= 0.3 is 0 Å². The van der Waals surface area contributed by atoms with Gasteiger partial charge in [-0.2, -0.15) is 4.98 Å². The number of anilines is 1. The minimum absolute atomic E-state index is 0.275. The third kappa shape index (κ3) is 4.20. The zero-order valence-electron chi connectivity index (χ0n) is 17.5. The lowest BCUT2D eigenvalue weighted by Gasteiger charge is -2.36. The standard InChI is InChI=1S/C22H28N4O3S/c1-22(2,27)15-7-9-16(10-8-15)24-21-23-13-11-20(25-21)26-14-12-17-18(26)5-4-6-19(17)30(3,28)29/h4-6,11-16,27H,7-10H2,1-3H3,(H,23,24,25)/t15-,16-. The Kier molecular flexibility index (Phi) is 5.32. The maximum absolute atomic E-state index is 12.1. The number of nitrogens with one attached hydrogen (secondary N) is 1. The van der Waals surface area contributed by atoms with E-state index in [0.717, 1.165) is 31.2 Å². The Morgan fingerprint density at radius 1 is 1.13 bits per heavy atom. The van der Waals surface area contributed by atoms with E-state index in [1.165, 1.54) is 6.26 Å². The van der Waals surface area contributed by atoms with E-state index in [-0.39, 0.29) is 6.04 Å². The van der Waals surface area contributed by atoms with Crippen molar-refractivity contribution in [1.29, 1.82) is 0 Å². The molecule has 0 radical (unpaired) electrons. The van der Waals surface area contributed by atoms with Gasteiger partial charge in [0.05, 0.1) is 16.0 Å². The molecule has 0 aliphatic heterocycles. The van der Waals surface area contributed by atoms with E-state index in [2.05, 4.69) is 15.3 Å². The first kappa shape index (κ1) is 20.8. The number of fused-ring (bicyclic) bond motifs is 1. The zero-order chi connectivity index (χ0) is 21.5. The Bertz CT molecular complexity index is 1160. The maximum Gasteiger partial charge on any atom is 0.224 e. The number of sulfone groups is 1. The Labute approximate surface area is 177 Å². The van der Waals surface area contributed by atoms with Gasteiger partial charge in [0.15, 0.2) is 9.84 Å². The van der Waals surface area contributed by atoms with Crippen LogP contribution in [0.1, 0.15) is 39.5 Å². The molecular formula is C22H28N4O3S. The molecule has 0 spiro atoms. The molecule has 0 saturated heterocycles. The SMILES string of the molecule is CC(C)(O)[C@H]1CC[C@H](Nc2nccc(-n3ccc4c(S(C)(=O)=O)cccc43)n2)CC1. The zero-order valence-corrected chi connectivity index (χ0v) is 18.4. The summed E-state index contributed by atoms with van der Waals surface area (Å²) >= 11 is 0. The lowest BCUT2D eigenvalue weighted by atomic mass is 9.77. The second-order valence-corrected chi connectivity index (χ2v) is 10.7. The molecule has 3 aromatic rings. The van der Waals surface area contributed by atoms with Crippen LogP contribution in [-0.4, -0.2) is 46.0 Å². The molecule has 0 amide bonds. The molecule has 30 heavy (non-hydrogen) atoms. The third-order valence-corrected chi connectivity index (χ3v) is 7.19.